The first kappa shape index (κ1) is 13.3. The molecular weight excluding hydrogens is 241 g/mol. The largest absolute Gasteiger partial charge is 0.317 e. The van der Waals surface area contributed by atoms with Crippen molar-refractivity contribution in [1.82, 2.24) is 4.90 Å². The molecule has 2 unspecified atom stereocenters. The molecule has 2 rings (SSSR count). The number of rotatable bonds is 4. The molecule has 0 saturated heterocycles. The van der Waals surface area contributed by atoms with Gasteiger partial charge in [0.2, 0.25) is 0 Å². The van der Waals surface area contributed by atoms with Gasteiger partial charge in [-0.25, -0.2) is 0 Å². The van der Waals surface area contributed by atoms with E-state index in [4.69, 9.17) is 0 Å². The Balaban J connectivity index is 2.22. The zero-order chi connectivity index (χ0) is 13.1. The van der Waals surface area contributed by atoms with Crippen LogP contribution in [0.4, 0.5) is 0 Å². The summed E-state index contributed by atoms with van der Waals surface area (Å²) in [4.78, 5) is 2.17. The van der Waals surface area contributed by atoms with Gasteiger partial charge in [-0.2, -0.15) is 0 Å². The second-order valence-electron chi connectivity index (χ2n) is 4.93. The maximum absolute atomic E-state index is 12.6. The summed E-state index contributed by atoms with van der Waals surface area (Å²) in [7, 11) is 2.28. The molecule has 0 heterocycles. The average molecular weight is 261 g/mol. The van der Waals surface area contributed by atoms with Gasteiger partial charge in [0.1, 0.15) is 7.80 Å². The summed E-state index contributed by atoms with van der Waals surface area (Å²) in [6.07, 6.45) is 6.22. The highest BCUT2D eigenvalue weighted by atomic mass is 31.1. The molecule has 0 bridgehead atoms. The summed E-state index contributed by atoms with van der Waals surface area (Å²) in [5.74, 6) is 0.270. The van der Waals surface area contributed by atoms with E-state index < -0.39 is 7.80 Å². The van der Waals surface area contributed by atoms with Gasteiger partial charge < -0.3 is 9.46 Å². The molecular formula is C15H20NOP. The van der Waals surface area contributed by atoms with Crippen molar-refractivity contribution in [3.63, 3.8) is 0 Å². The van der Waals surface area contributed by atoms with Crippen LogP contribution in [0.15, 0.2) is 53.9 Å². The van der Waals surface area contributed by atoms with E-state index in [0.29, 0.717) is 6.04 Å². The molecule has 0 radical (unpaired) electrons. The van der Waals surface area contributed by atoms with Crippen LogP contribution in [-0.2, 0) is 4.57 Å². The third-order valence-electron chi connectivity index (χ3n) is 3.59. The molecule has 1 aliphatic rings. The summed E-state index contributed by atoms with van der Waals surface area (Å²) in [6, 6.07) is 10.1. The lowest BCUT2D eigenvalue weighted by atomic mass is 10.0. The van der Waals surface area contributed by atoms with Gasteiger partial charge in [-0.05, 0) is 26.3 Å². The minimum Gasteiger partial charge on any atom is -0.317 e. The molecule has 1 aliphatic carbocycles. The molecule has 0 aromatic heterocycles. The highest BCUT2D eigenvalue weighted by Gasteiger charge is 2.26. The number of nitrogens with zero attached hydrogens (tertiary/aromatic N) is 1. The Morgan fingerprint density at radius 3 is 2.50 bits per heavy atom. The van der Waals surface area contributed by atoms with Crippen LogP contribution in [-0.4, -0.2) is 25.0 Å². The summed E-state index contributed by atoms with van der Waals surface area (Å²) >= 11 is 0. The summed E-state index contributed by atoms with van der Waals surface area (Å²) in [6.45, 7) is 2.17. The third kappa shape index (κ3) is 2.66. The maximum Gasteiger partial charge on any atom is 0.128 e. The van der Waals surface area contributed by atoms with Crippen molar-refractivity contribution in [3.05, 3.63) is 53.9 Å². The maximum atomic E-state index is 12.6. The van der Waals surface area contributed by atoms with E-state index in [1.54, 1.807) is 0 Å². The zero-order valence-corrected chi connectivity index (χ0v) is 12.1. The first-order valence-corrected chi connectivity index (χ1v) is 7.66. The lowest BCUT2D eigenvalue weighted by Crippen LogP contribution is -2.31. The van der Waals surface area contributed by atoms with Crippen molar-refractivity contribution in [2.45, 2.75) is 13.0 Å². The average Bonchev–Trinajstić information content (AvgIpc) is 2.87. The van der Waals surface area contributed by atoms with Gasteiger partial charge in [0, 0.05) is 17.3 Å². The second-order valence-corrected chi connectivity index (χ2v) is 6.75. The Labute approximate surface area is 110 Å². The SMILES string of the molecule is C[C@H](C1C=CC=C1[PH](=O)c1ccccc1)N(C)C. The monoisotopic (exact) mass is 261 g/mol. The van der Waals surface area contributed by atoms with Crippen LogP contribution in [0.2, 0.25) is 0 Å². The van der Waals surface area contributed by atoms with Crippen molar-refractivity contribution in [2.24, 2.45) is 5.92 Å². The number of benzene rings is 1. The van der Waals surface area contributed by atoms with Crippen molar-refractivity contribution in [2.75, 3.05) is 14.1 Å². The molecule has 0 saturated carbocycles. The Bertz CT molecular complexity index is 490. The molecule has 3 atom stereocenters. The highest BCUT2D eigenvalue weighted by molar-refractivity contribution is 7.58. The van der Waals surface area contributed by atoms with E-state index in [9.17, 15) is 4.57 Å². The van der Waals surface area contributed by atoms with Crippen molar-refractivity contribution >= 4 is 13.1 Å². The van der Waals surface area contributed by atoms with Gasteiger partial charge in [-0.15, -0.1) is 0 Å². The fraction of sp³-hybridized carbons (Fsp3) is 0.333. The van der Waals surface area contributed by atoms with Crippen LogP contribution in [0.5, 0.6) is 0 Å². The molecule has 1 aromatic rings. The fourth-order valence-electron chi connectivity index (χ4n) is 2.22. The number of hydrogen-bond acceptors (Lipinski definition) is 2. The first-order valence-electron chi connectivity index (χ1n) is 6.26. The van der Waals surface area contributed by atoms with Crippen LogP contribution in [0.1, 0.15) is 6.92 Å². The first-order chi connectivity index (χ1) is 8.61. The molecule has 0 fully saturated rings. The van der Waals surface area contributed by atoms with Crippen LogP contribution < -0.4 is 5.30 Å². The van der Waals surface area contributed by atoms with Gasteiger partial charge in [0.05, 0.1) is 0 Å². The number of allylic oxidation sites excluding steroid dienone is 2. The van der Waals surface area contributed by atoms with Gasteiger partial charge in [-0.1, -0.05) is 48.6 Å². The van der Waals surface area contributed by atoms with Crippen LogP contribution >= 0.6 is 7.80 Å². The topological polar surface area (TPSA) is 20.3 Å². The minimum absolute atomic E-state index is 0.270. The summed E-state index contributed by atoms with van der Waals surface area (Å²) < 4.78 is 12.6. The zero-order valence-electron chi connectivity index (χ0n) is 11.1. The minimum atomic E-state index is -1.85. The van der Waals surface area contributed by atoms with Crippen molar-refractivity contribution in [3.8, 4) is 0 Å². The predicted octanol–water partition coefficient (Wildman–Crippen LogP) is 2.89. The van der Waals surface area contributed by atoms with E-state index in [1.165, 1.54) is 0 Å². The van der Waals surface area contributed by atoms with Gasteiger partial charge in [0.15, 0.2) is 0 Å². The predicted molar refractivity (Wildman–Crippen MR) is 78.9 cm³/mol. The van der Waals surface area contributed by atoms with Gasteiger partial charge in [0.25, 0.3) is 0 Å². The lowest BCUT2D eigenvalue weighted by Gasteiger charge is -2.27. The van der Waals surface area contributed by atoms with E-state index in [0.717, 1.165) is 10.6 Å². The molecule has 0 amide bonds. The van der Waals surface area contributed by atoms with E-state index in [-0.39, 0.29) is 5.92 Å². The van der Waals surface area contributed by atoms with Crippen LogP contribution in [0, 0.1) is 5.92 Å². The molecule has 1 aromatic carbocycles. The molecule has 2 nitrogen and oxygen atoms in total. The Hall–Kier alpha value is -1.11. The van der Waals surface area contributed by atoms with Gasteiger partial charge in [-0.3, -0.25) is 0 Å². The molecule has 3 heteroatoms. The van der Waals surface area contributed by atoms with E-state index >= 15 is 0 Å². The van der Waals surface area contributed by atoms with E-state index in [2.05, 4.69) is 32.0 Å². The van der Waals surface area contributed by atoms with Crippen molar-refractivity contribution < 1.29 is 4.57 Å². The van der Waals surface area contributed by atoms with Crippen LogP contribution in [0.25, 0.3) is 0 Å². The third-order valence-corrected chi connectivity index (χ3v) is 5.47. The summed E-state index contributed by atoms with van der Waals surface area (Å²) in [5.41, 5.74) is 0. The molecule has 0 spiro atoms. The summed E-state index contributed by atoms with van der Waals surface area (Å²) in [5, 5.41) is 2.03. The highest BCUT2D eigenvalue weighted by Crippen LogP contribution is 2.42. The fourth-order valence-corrected chi connectivity index (χ4v) is 3.94. The standard InChI is InChI=1S/C15H20NOP/c1-12(16(2)3)14-10-7-11-15(14)18(17)13-8-5-4-6-9-13/h4-12,14,18H,1-3H3/t12-,14?/m1/s1. The quantitative estimate of drug-likeness (QED) is 0.777. The van der Waals surface area contributed by atoms with Crippen molar-refractivity contribution in [1.29, 1.82) is 0 Å². The number of hydrogen-bond donors (Lipinski definition) is 0. The van der Waals surface area contributed by atoms with E-state index in [1.807, 2.05) is 42.5 Å². The lowest BCUT2D eigenvalue weighted by molar-refractivity contribution is 0.280. The Kier molecular flexibility index (Phi) is 4.21. The normalized spacial score (nSPS) is 22.0. The van der Waals surface area contributed by atoms with Gasteiger partial charge >= 0.3 is 0 Å². The molecule has 18 heavy (non-hydrogen) atoms. The molecule has 0 aliphatic heterocycles. The second kappa shape index (κ2) is 5.69. The Morgan fingerprint density at radius 1 is 1.22 bits per heavy atom. The smallest absolute Gasteiger partial charge is 0.128 e. The molecule has 0 N–H and O–H groups in total. The Morgan fingerprint density at radius 2 is 1.89 bits per heavy atom. The molecule has 96 valence electrons. The van der Waals surface area contributed by atoms with Crippen LogP contribution in [0.3, 0.4) is 0 Å².